The molecule has 0 aliphatic carbocycles. The van der Waals surface area contributed by atoms with Gasteiger partial charge in [-0.3, -0.25) is 14.1 Å². The molecule has 7 heteroatoms. The molecule has 2 heterocycles. The van der Waals surface area contributed by atoms with Crippen molar-refractivity contribution in [3.63, 3.8) is 0 Å². The number of carbonyl (C=O) groups is 1. The van der Waals surface area contributed by atoms with Crippen LogP contribution < -0.4 is 0 Å². The fourth-order valence-electron chi connectivity index (χ4n) is 2.37. The molecule has 2 rings (SSSR count). The van der Waals surface area contributed by atoms with E-state index in [1.807, 2.05) is 36.1 Å². The minimum Gasteiger partial charge on any atom is -0.301 e. The summed E-state index contributed by atoms with van der Waals surface area (Å²) in [4.78, 5) is 18.3. The Morgan fingerprint density at radius 2 is 2.17 bits per heavy atom. The Bertz CT molecular complexity index is 614. The van der Waals surface area contributed by atoms with E-state index in [0.29, 0.717) is 18.1 Å². The molecule has 124 valence electrons. The smallest absolute Gasteiger partial charge is 0.301 e. The normalized spacial score (nSPS) is 13.9. The SMILES string of the molecule is CCN(CCC(=O)N(CC)C1=C[N+](c2cccnc2)=C1Cl)SC. The van der Waals surface area contributed by atoms with Crippen LogP contribution in [0.1, 0.15) is 20.3 Å². The summed E-state index contributed by atoms with van der Waals surface area (Å²) >= 11 is 8.05. The van der Waals surface area contributed by atoms with Crippen molar-refractivity contribution in [2.45, 2.75) is 20.3 Å². The summed E-state index contributed by atoms with van der Waals surface area (Å²) in [5.74, 6) is 0.0928. The number of allylic oxidation sites excluding steroid dienone is 1. The van der Waals surface area contributed by atoms with Crippen molar-refractivity contribution in [2.75, 3.05) is 25.9 Å². The largest absolute Gasteiger partial charge is 0.311 e. The molecule has 1 amide bonds. The van der Waals surface area contributed by atoms with E-state index in [1.54, 1.807) is 29.2 Å². The number of nitrogens with zero attached hydrogens (tertiary/aromatic N) is 4. The molecule has 23 heavy (non-hydrogen) atoms. The van der Waals surface area contributed by atoms with Gasteiger partial charge < -0.3 is 4.90 Å². The van der Waals surface area contributed by atoms with Crippen molar-refractivity contribution in [2.24, 2.45) is 0 Å². The van der Waals surface area contributed by atoms with Gasteiger partial charge in [0, 0.05) is 38.3 Å². The van der Waals surface area contributed by atoms with Gasteiger partial charge in [0.1, 0.15) is 0 Å². The number of amides is 1. The molecule has 0 spiro atoms. The van der Waals surface area contributed by atoms with Gasteiger partial charge in [-0.15, -0.1) is 4.58 Å². The van der Waals surface area contributed by atoms with Gasteiger partial charge in [-0.2, -0.15) is 0 Å². The molecule has 1 aliphatic rings. The first-order valence-electron chi connectivity index (χ1n) is 7.65. The molecule has 0 unspecified atom stereocenters. The molecule has 1 aliphatic heterocycles. The first-order valence-corrected chi connectivity index (χ1v) is 9.21. The Balaban J connectivity index is 2.01. The first-order chi connectivity index (χ1) is 11.1. The van der Waals surface area contributed by atoms with Gasteiger partial charge in [-0.1, -0.05) is 18.9 Å². The van der Waals surface area contributed by atoms with Gasteiger partial charge in [0.05, 0.1) is 6.20 Å². The van der Waals surface area contributed by atoms with Gasteiger partial charge in [-0.05, 0) is 30.8 Å². The predicted octanol–water partition coefficient (Wildman–Crippen LogP) is 3.06. The lowest BCUT2D eigenvalue weighted by atomic mass is 10.2. The minimum atomic E-state index is 0.0928. The minimum absolute atomic E-state index is 0.0928. The second-order valence-corrected chi connectivity index (χ2v) is 6.22. The summed E-state index contributed by atoms with van der Waals surface area (Å²) in [5.41, 5.74) is 1.67. The Morgan fingerprint density at radius 3 is 2.70 bits per heavy atom. The maximum absolute atomic E-state index is 12.5. The Morgan fingerprint density at radius 1 is 1.39 bits per heavy atom. The third kappa shape index (κ3) is 4.13. The summed E-state index contributed by atoms with van der Waals surface area (Å²) in [6.45, 7) is 6.31. The molecule has 0 saturated heterocycles. The topological polar surface area (TPSA) is 39.5 Å². The van der Waals surface area contributed by atoms with E-state index in [2.05, 4.69) is 16.2 Å². The highest BCUT2D eigenvalue weighted by Crippen LogP contribution is 2.25. The molecule has 1 aromatic rings. The Hall–Kier alpha value is -1.37. The van der Waals surface area contributed by atoms with Gasteiger partial charge in [0.25, 0.3) is 0 Å². The van der Waals surface area contributed by atoms with Crippen molar-refractivity contribution in [3.8, 4) is 0 Å². The van der Waals surface area contributed by atoms with Crippen LogP contribution in [0, 0.1) is 0 Å². The van der Waals surface area contributed by atoms with Gasteiger partial charge in [0.2, 0.25) is 17.8 Å². The van der Waals surface area contributed by atoms with E-state index in [1.165, 1.54) is 0 Å². The maximum Gasteiger partial charge on any atom is 0.311 e. The average molecular weight is 354 g/mol. The van der Waals surface area contributed by atoms with Crippen LogP contribution in [0.5, 0.6) is 0 Å². The van der Waals surface area contributed by atoms with Crippen LogP contribution >= 0.6 is 23.5 Å². The van der Waals surface area contributed by atoms with E-state index < -0.39 is 0 Å². The van der Waals surface area contributed by atoms with Gasteiger partial charge in [-0.25, -0.2) is 0 Å². The maximum atomic E-state index is 12.5. The van der Waals surface area contributed by atoms with Crippen molar-refractivity contribution < 1.29 is 9.37 Å². The summed E-state index contributed by atoms with van der Waals surface area (Å²) in [5, 5.41) is 0.561. The summed E-state index contributed by atoms with van der Waals surface area (Å²) in [6, 6.07) is 3.79. The van der Waals surface area contributed by atoms with Crippen LogP contribution in [-0.4, -0.2) is 55.7 Å². The molecule has 0 fully saturated rings. The van der Waals surface area contributed by atoms with E-state index in [-0.39, 0.29) is 5.91 Å². The zero-order chi connectivity index (χ0) is 16.8. The zero-order valence-corrected chi connectivity index (χ0v) is 15.3. The van der Waals surface area contributed by atoms with E-state index in [9.17, 15) is 4.79 Å². The number of aromatic nitrogens is 1. The second-order valence-electron chi connectivity index (χ2n) is 4.98. The monoisotopic (exact) mass is 353 g/mol. The molecule has 5 nitrogen and oxygen atoms in total. The number of hydrogen-bond acceptors (Lipinski definition) is 4. The number of halogens is 1. The van der Waals surface area contributed by atoms with Crippen molar-refractivity contribution in [1.29, 1.82) is 0 Å². The fourth-order valence-corrected chi connectivity index (χ4v) is 3.20. The number of hydrogen-bond donors (Lipinski definition) is 0. The molecule has 0 N–H and O–H groups in total. The van der Waals surface area contributed by atoms with Crippen LogP contribution in [-0.2, 0) is 4.79 Å². The Labute approximate surface area is 146 Å². The molecule has 0 radical (unpaired) electrons. The number of carbonyl (C=O) groups excluding carboxylic acids is 1. The lowest BCUT2D eigenvalue weighted by Crippen LogP contribution is -2.39. The van der Waals surface area contributed by atoms with Gasteiger partial charge >= 0.3 is 5.17 Å². The first kappa shape index (κ1) is 18.0. The van der Waals surface area contributed by atoms with Crippen LogP contribution in [0.3, 0.4) is 0 Å². The highest BCUT2D eigenvalue weighted by Gasteiger charge is 2.36. The standard InChI is InChI=1S/C16H22ClN4OS/c1-4-19(23-3)10-8-15(22)20(5-2)14-12-21(16(14)17)13-7-6-9-18-11-13/h6-7,9,11-12H,4-5,8,10H2,1-3H3/q+1. The van der Waals surface area contributed by atoms with E-state index in [0.717, 1.165) is 24.5 Å². The third-order valence-electron chi connectivity index (χ3n) is 3.69. The fraction of sp³-hybridized carbons (Fsp3) is 0.438. The molecule has 1 aromatic heterocycles. The lowest BCUT2D eigenvalue weighted by Gasteiger charge is -2.25. The Kier molecular flexibility index (Phi) is 6.62. The second kappa shape index (κ2) is 8.47. The quantitative estimate of drug-likeness (QED) is 0.532. The van der Waals surface area contributed by atoms with Crippen LogP contribution in [0.25, 0.3) is 0 Å². The van der Waals surface area contributed by atoms with Crippen LogP contribution in [0.2, 0.25) is 0 Å². The average Bonchev–Trinajstić information content (AvgIpc) is 2.59. The molecule has 0 bridgehead atoms. The molecule has 0 saturated carbocycles. The van der Waals surface area contributed by atoms with Crippen molar-refractivity contribution >= 4 is 40.3 Å². The summed E-state index contributed by atoms with van der Waals surface area (Å²) in [7, 11) is 0. The third-order valence-corrected chi connectivity index (χ3v) is 5.03. The van der Waals surface area contributed by atoms with Crippen LogP contribution in [0.15, 0.2) is 36.4 Å². The molecular formula is C16H22ClN4OS+. The highest BCUT2D eigenvalue weighted by molar-refractivity contribution is 7.96. The number of rotatable bonds is 8. The van der Waals surface area contributed by atoms with Crippen molar-refractivity contribution in [3.05, 3.63) is 36.4 Å². The van der Waals surface area contributed by atoms with Crippen LogP contribution in [0.4, 0.5) is 5.69 Å². The predicted molar refractivity (Wildman–Crippen MR) is 95.9 cm³/mol. The number of pyridine rings is 1. The lowest BCUT2D eigenvalue weighted by molar-refractivity contribution is -0.373. The summed E-state index contributed by atoms with van der Waals surface area (Å²) < 4.78 is 3.99. The van der Waals surface area contributed by atoms with E-state index in [4.69, 9.17) is 11.6 Å². The van der Waals surface area contributed by atoms with Gasteiger partial charge in [0.15, 0.2) is 5.70 Å². The molecule has 0 atom stereocenters. The van der Waals surface area contributed by atoms with Crippen molar-refractivity contribution in [1.82, 2.24) is 14.2 Å². The summed E-state index contributed by atoms with van der Waals surface area (Å²) in [6.07, 6.45) is 7.85. The zero-order valence-electron chi connectivity index (χ0n) is 13.7. The van der Waals surface area contributed by atoms with E-state index >= 15 is 0 Å². The highest BCUT2D eigenvalue weighted by atomic mass is 35.5. The molecule has 0 aromatic carbocycles. The molecular weight excluding hydrogens is 332 g/mol.